The number of aromatic nitrogens is 2. The highest BCUT2D eigenvalue weighted by Crippen LogP contribution is 2.23. The molecule has 1 aliphatic rings. The van der Waals surface area contributed by atoms with Crippen LogP contribution in [0, 0.1) is 0 Å². The zero-order chi connectivity index (χ0) is 19.2. The van der Waals surface area contributed by atoms with Gasteiger partial charge in [-0.25, -0.2) is 4.98 Å². The molecule has 0 bridgehead atoms. The van der Waals surface area contributed by atoms with Gasteiger partial charge >= 0.3 is 0 Å². The smallest absolute Gasteiger partial charge is 0.254 e. The van der Waals surface area contributed by atoms with Crippen molar-refractivity contribution in [1.82, 2.24) is 24.7 Å². The molecule has 1 amide bonds. The third kappa shape index (κ3) is 6.19. The van der Waals surface area contributed by atoms with Gasteiger partial charge in [-0.05, 0) is 37.2 Å². The second-order valence-electron chi connectivity index (χ2n) is 7.18. The molecule has 162 valence electrons. The van der Waals surface area contributed by atoms with Gasteiger partial charge in [0.1, 0.15) is 11.9 Å². The SMILES string of the molecule is CCCN(CC)Cc1ccc(C(=O)N2CCNCC2c2nccn2C)cc1.Cl.Cl. The maximum atomic E-state index is 13.2. The monoisotopic (exact) mass is 441 g/mol. The number of amides is 1. The third-order valence-electron chi connectivity index (χ3n) is 5.25. The normalized spacial score (nSPS) is 16.3. The molecule has 2 aromatic rings. The molecule has 2 heterocycles. The minimum atomic E-state index is -0.0361. The van der Waals surface area contributed by atoms with Crippen molar-refractivity contribution in [3.05, 3.63) is 53.6 Å². The van der Waals surface area contributed by atoms with Crippen molar-refractivity contribution < 1.29 is 4.79 Å². The first-order valence-electron chi connectivity index (χ1n) is 9.94. The number of hydrogen-bond donors (Lipinski definition) is 1. The Morgan fingerprint density at radius 3 is 2.55 bits per heavy atom. The van der Waals surface area contributed by atoms with Crippen molar-refractivity contribution >= 4 is 30.7 Å². The van der Waals surface area contributed by atoms with E-state index in [1.54, 1.807) is 6.20 Å². The zero-order valence-electron chi connectivity index (χ0n) is 17.5. The van der Waals surface area contributed by atoms with Crippen LogP contribution in [0.4, 0.5) is 0 Å². The number of hydrogen-bond acceptors (Lipinski definition) is 4. The average Bonchev–Trinajstić information content (AvgIpc) is 3.13. The standard InChI is InChI=1S/C21H31N5O.2ClH/c1-4-12-25(5-2)16-17-6-8-18(9-7-17)21(27)26-14-10-22-15-19(26)20-23-11-13-24(20)3;;/h6-9,11,13,19,22H,4-5,10,12,14-16H2,1-3H3;2*1H. The molecule has 29 heavy (non-hydrogen) atoms. The average molecular weight is 442 g/mol. The van der Waals surface area contributed by atoms with Gasteiger partial charge in [0.2, 0.25) is 0 Å². The lowest BCUT2D eigenvalue weighted by Gasteiger charge is -2.35. The second-order valence-corrected chi connectivity index (χ2v) is 7.18. The number of carbonyl (C=O) groups excluding carboxylic acids is 1. The predicted molar refractivity (Wildman–Crippen MR) is 122 cm³/mol. The van der Waals surface area contributed by atoms with Crippen molar-refractivity contribution in [3.63, 3.8) is 0 Å². The van der Waals surface area contributed by atoms with E-state index in [0.29, 0.717) is 6.54 Å². The molecule has 1 N–H and O–H groups in total. The fourth-order valence-corrected chi connectivity index (χ4v) is 3.72. The number of piperazine rings is 1. The molecule has 0 aliphatic carbocycles. The lowest BCUT2D eigenvalue weighted by Crippen LogP contribution is -2.49. The van der Waals surface area contributed by atoms with Crippen molar-refractivity contribution in [3.8, 4) is 0 Å². The van der Waals surface area contributed by atoms with E-state index in [1.165, 1.54) is 5.56 Å². The minimum absolute atomic E-state index is 0. The van der Waals surface area contributed by atoms with Gasteiger partial charge in [-0.3, -0.25) is 9.69 Å². The van der Waals surface area contributed by atoms with Crippen LogP contribution in [0.2, 0.25) is 0 Å². The number of benzene rings is 1. The van der Waals surface area contributed by atoms with Gasteiger partial charge in [0.15, 0.2) is 0 Å². The second kappa shape index (κ2) is 12.2. The van der Waals surface area contributed by atoms with Gasteiger partial charge in [0.05, 0.1) is 0 Å². The number of halogens is 2. The molecule has 1 unspecified atom stereocenters. The van der Waals surface area contributed by atoms with Crippen LogP contribution in [-0.2, 0) is 13.6 Å². The van der Waals surface area contributed by atoms with Crippen molar-refractivity contribution in [2.75, 3.05) is 32.7 Å². The third-order valence-corrected chi connectivity index (χ3v) is 5.25. The molecule has 3 rings (SSSR count). The largest absolute Gasteiger partial charge is 0.336 e. The molecule has 0 spiro atoms. The van der Waals surface area contributed by atoms with Crippen LogP contribution >= 0.6 is 24.8 Å². The van der Waals surface area contributed by atoms with Crippen LogP contribution in [0.15, 0.2) is 36.7 Å². The number of carbonyl (C=O) groups is 1. The molecule has 1 aliphatic heterocycles. The van der Waals surface area contributed by atoms with Crippen LogP contribution in [0.3, 0.4) is 0 Å². The number of aryl methyl sites for hydroxylation is 1. The molecule has 1 atom stereocenters. The van der Waals surface area contributed by atoms with E-state index >= 15 is 0 Å². The Morgan fingerprint density at radius 1 is 1.24 bits per heavy atom. The molecule has 1 fully saturated rings. The van der Waals surface area contributed by atoms with Gasteiger partial charge < -0.3 is 14.8 Å². The predicted octanol–water partition coefficient (Wildman–Crippen LogP) is 3.28. The molecule has 0 radical (unpaired) electrons. The van der Waals surface area contributed by atoms with Gasteiger partial charge in [-0.2, -0.15) is 0 Å². The van der Waals surface area contributed by atoms with Crippen LogP contribution in [0.5, 0.6) is 0 Å². The van der Waals surface area contributed by atoms with Gasteiger partial charge in [0, 0.05) is 51.2 Å². The Morgan fingerprint density at radius 2 is 1.97 bits per heavy atom. The summed E-state index contributed by atoms with van der Waals surface area (Å²) in [6.45, 7) is 9.71. The maximum absolute atomic E-state index is 13.2. The summed E-state index contributed by atoms with van der Waals surface area (Å²) in [5, 5.41) is 3.38. The molecule has 8 heteroatoms. The van der Waals surface area contributed by atoms with E-state index in [-0.39, 0.29) is 36.8 Å². The number of rotatable bonds is 7. The Bertz CT molecular complexity index is 750. The Kier molecular flexibility index (Phi) is 10.7. The summed E-state index contributed by atoms with van der Waals surface area (Å²) in [6, 6.07) is 8.07. The summed E-state index contributed by atoms with van der Waals surface area (Å²) >= 11 is 0. The first-order chi connectivity index (χ1) is 13.1. The lowest BCUT2D eigenvalue weighted by molar-refractivity contribution is 0.0621. The van der Waals surface area contributed by atoms with E-state index in [2.05, 4.69) is 41.2 Å². The zero-order valence-corrected chi connectivity index (χ0v) is 19.1. The van der Waals surface area contributed by atoms with E-state index in [9.17, 15) is 4.79 Å². The molecular weight excluding hydrogens is 409 g/mol. The van der Waals surface area contributed by atoms with Gasteiger partial charge in [-0.15, -0.1) is 24.8 Å². The summed E-state index contributed by atoms with van der Waals surface area (Å²) in [5.41, 5.74) is 2.00. The lowest BCUT2D eigenvalue weighted by atomic mass is 10.1. The van der Waals surface area contributed by atoms with Crippen molar-refractivity contribution in [2.24, 2.45) is 7.05 Å². The minimum Gasteiger partial charge on any atom is -0.336 e. The Hall–Kier alpha value is -1.60. The van der Waals surface area contributed by atoms with Crippen LogP contribution in [-0.4, -0.2) is 58.0 Å². The van der Waals surface area contributed by atoms with Crippen LogP contribution in [0.1, 0.15) is 48.1 Å². The molecule has 1 aromatic carbocycles. The summed E-state index contributed by atoms with van der Waals surface area (Å²) in [4.78, 5) is 22.0. The van der Waals surface area contributed by atoms with Crippen LogP contribution in [0.25, 0.3) is 0 Å². The highest BCUT2D eigenvalue weighted by atomic mass is 35.5. The van der Waals surface area contributed by atoms with E-state index in [1.807, 2.05) is 34.8 Å². The number of nitrogens with zero attached hydrogens (tertiary/aromatic N) is 4. The molecular formula is C21H33Cl2N5O. The Labute approximate surface area is 186 Å². The highest BCUT2D eigenvalue weighted by molar-refractivity contribution is 5.94. The van der Waals surface area contributed by atoms with E-state index < -0.39 is 0 Å². The van der Waals surface area contributed by atoms with Gasteiger partial charge in [-0.1, -0.05) is 26.0 Å². The summed E-state index contributed by atoms with van der Waals surface area (Å²) in [6.07, 6.45) is 4.87. The molecule has 6 nitrogen and oxygen atoms in total. The van der Waals surface area contributed by atoms with Gasteiger partial charge in [0.25, 0.3) is 5.91 Å². The fraction of sp³-hybridized carbons (Fsp3) is 0.524. The fourth-order valence-electron chi connectivity index (χ4n) is 3.72. The summed E-state index contributed by atoms with van der Waals surface area (Å²) in [7, 11) is 1.98. The van der Waals surface area contributed by atoms with Crippen molar-refractivity contribution in [1.29, 1.82) is 0 Å². The summed E-state index contributed by atoms with van der Waals surface area (Å²) < 4.78 is 1.99. The molecule has 0 saturated carbocycles. The van der Waals surface area contributed by atoms with E-state index in [4.69, 9.17) is 0 Å². The van der Waals surface area contributed by atoms with E-state index in [0.717, 1.165) is 50.5 Å². The number of nitrogens with one attached hydrogen (secondary N) is 1. The number of imidazole rings is 1. The Balaban J connectivity index is 0.00000210. The van der Waals surface area contributed by atoms with Crippen LogP contribution < -0.4 is 5.32 Å². The molecule has 1 aromatic heterocycles. The first kappa shape index (κ1) is 25.4. The first-order valence-corrected chi connectivity index (χ1v) is 9.94. The topological polar surface area (TPSA) is 53.4 Å². The highest BCUT2D eigenvalue weighted by Gasteiger charge is 2.30. The maximum Gasteiger partial charge on any atom is 0.254 e. The van der Waals surface area contributed by atoms with Crippen molar-refractivity contribution in [2.45, 2.75) is 32.9 Å². The quantitative estimate of drug-likeness (QED) is 0.715. The summed E-state index contributed by atoms with van der Waals surface area (Å²) in [5.74, 6) is 1.00. The molecule has 1 saturated heterocycles.